The summed E-state index contributed by atoms with van der Waals surface area (Å²) in [6.45, 7) is 3.52. The van der Waals surface area contributed by atoms with Crippen molar-refractivity contribution in [3.05, 3.63) is 71.5 Å². The number of thioether (sulfide) groups is 1. The van der Waals surface area contributed by atoms with Crippen molar-refractivity contribution in [2.45, 2.75) is 24.6 Å². The number of rotatable bonds is 6. The summed E-state index contributed by atoms with van der Waals surface area (Å²) < 4.78 is 13.6. The molecule has 1 atom stereocenters. The summed E-state index contributed by atoms with van der Waals surface area (Å²) in [6.07, 6.45) is 1.80. The molecule has 0 saturated carbocycles. The van der Waals surface area contributed by atoms with Gasteiger partial charge in [-0.05, 0) is 44.0 Å². The lowest BCUT2D eigenvalue weighted by atomic mass is 10.0. The fraction of sp³-hybridized carbons (Fsp3) is 0.316. The van der Waals surface area contributed by atoms with Crippen LogP contribution in [0.5, 0.6) is 0 Å². The Morgan fingerprint density at radius 3 is 2.62 bits per heavy atom. The van der Waals surface area contributed by atoms with Gasteiger partial charge in [0.2, 0.25) is 0 Å². The molecular formula is C19H22FN3S. The predicted molar refractivity (Wildman–Crippen MR) is 99.3 cm³/mol. The minimum Gasteiger partial charge on any atom is -0.330 e. The van der Waals surface area contributed by atoms with Crippen LogP contribution in [-0.4, -0.2) is 23.1 Å². The fourth-order valence-corrected chi connectivity index (χ4v) is 4.54. The Morgan fingerprint density at radius 2 is 1.96 bits per heavy atom. The van der Waals surface area contributed by atoms with Gasteiger partial charge in [-0.25, -0.2) is 4.39 Å². The van der Waals surface area contributed by atoms with Crippen LogP contribution in [0.2, 0.25) is 0 Å². The Kier molecular flexibility index (Phi) is 5.21. The number of hydrogen-bond donors (Lipinski definition) is 1. The largest absolute Gasteiger partial charge is 0.330 e. The van der Waals surface area contributed by atoms with Crippen molar-refractivity contribution in [1.82, 2.24) is 5.01 Å². The summed E-state index contributed by atoms with van der Waals surface area (Å²) in [6, 6.07) is 17.0. The first-order valence-corrected chi connectivity index (χ1v) is 9.08. The number of nitrogens with two attached hydrogens (primary N) is 1. The number of benzene rings is 2. The van der Waals surface area contributed by atoms with Gasteiger partial charge in [0.25, 0.3) is 0 Å². The molecular weight excluding hydrogens is 321 g/mol. The SMILES string of the molecule is CCN1N=C(c2cccc(F)c2)SC1(CCCN)c1ccccc1. The van der Waals surface area contributed by atoms with Gasteiger partial charge >= 0.3 is 0 Å². The highest BCUT2D eigenvalue weighted by atomic mass is 32.2. The molecule has 0 saturated heterocycles. The van der Waals surface area contributed by atoms with Crippen molar-refractivity contribution in [3.63, 3.8) is 0 Å². The smallest absolute Gasteiger partial charge is 0.134 e. The summed E-state index contributed by atoms with van der Waals surface area (Å²) >= 11 is 1.70. The van der Waals surface area contributed by atoms with Gasteiger partial charge in [-0.1, -0.05) is 54.2 Å². The lowest BCUT2D eigenvalue weighted by molar-refractivity contribution is 0.180. The molecule has 1 unspecified atom stereocenters. The lowest BCUT2D eigenvalue weighted by Crippen LogP contribution is -2.37. The zero-order valence-electron chi connectivity index (χ0n) is 13.8. The van der Waals surface area contributed by atoms with Crippen LogP contribution < -0.4 is 5.73 Å². The normalized spacial score (nSPS) is 20.3. The van der Waals surface area contributed by atoms with Crippen LogP contribution in [0.3, 0.4) is 0 Å². The summed E-state index contributed by atoms with van der Waals surface area (Å²) in [4.78, 5) is -0.281. The van der Waals surface area contributed by atoms with E-state index in [1.54, 1.807) is 23.9 Å². The van der Waals surface area contributed by atoms with Gasteiger partial charge in [0.05, 0.1) is 0 Å². The molecule has 2 aromatic rings. The van der Waals surface area contributed by atoms with Crippen molar-refractivity contribution < 1.29 is 4.39 Å². The standard InChI is InChI=1S/C19H22FN3S/c1-2-23-19(12-7-13-21,16-9-4-3-5-10-16)24-18(22-23)15-8-6-11-17(20)14-15/h3-6,8-11,14H,2,7,12-13,21H2,1H3. The molecule has 24 heavy (non-hydrogen) atoms. The predicted octanol–water partition coefficient (Wildman–Crippen LogP) is 4.15. The highest BCUT2D eigenvalue weighted by Crippen LogP contribution is 2.49. The van der Waals surface area contributed by atoms with Gasteiger partial charge in [0.1, 0.15) is 15.7 Å². The van der Waals surface area contributed by atoms with Gasteiger partial charge < -0.3 is 5.73 Å². The highest BCUT2D eigenvalue weighted by Gasteiger charge is 2.44. The molecule has 5 heteroatoms. The molecule has 0 radical (unpaired) electrons. The molecule has 1 heterocycles. The Morgan fingerprint density at radius 1 is 1.17 bits per heavy atom. The molecule has 0 fully saturated rings. The van der Waals surface area contributed by atoms with Crippen LogP contribution in [0.15, 0.2) is 59.7 Å². The second kappa shape index (κ2) is 7.36. The van der Waals surface area contributed by atoms with Crippen LogP contribution in [0.25, 0.3) is 0 Å². The number of hydrazone groups is 1. The second-order valence-corrected chi connectivity index (χ2v) is 7.04. The van der Waals surface area contributed by atoms with E-state index in [0.29, 0.717) is 6.54 Å². The molecule has 2 N–H and O–H groups in total. The molecule has 0 bridgehead atoms. The van der Waals surface area contributed by atoms with Gasteiger partial charge in [-0.15, -0.1) is 0 Å². The van der Waals surface area contributed by atoms with Crippen LogP contribution in [0.4, 0.5) is 4.39 Å². The maximum atomic E-state index is 13.6. The summed E-state index contributed by atoms with van der Waals surface area (Å²) in [7, 11) is 0. The quantitative estimate of drug-likeness (QED) is 0.857. The van der Waals surface area contributed by atoms with Crippen molar-refractivity contribution in [3.8, 4) is 0 Å². The van der Waals surface area contributed by atoms with E-state index in [9.17, 15) is 4.39 Å². The topological polar surface area (TPSA) is 41.6 Å². The van der Waals surface area contributed by atoms with E-state index < -0.39 is 0 Å². The molecule has 1 aliphatic rings. The average Bonchev–Trinajstić information content (AvgIpc) is 3.01. The minimum atomic E-state index is -0.281. The van der Waals surface area contributed by atoms with Crippen LogP contribution in [0, 0.1) is 5.82 Å². The average molecular weight is 343 g/mol. The first-order valence-electron chi connectivity index (χ1n) is 8.26. The summed E-state index contributed by atoms with van der Waals surface area (Å²) in [5, 5.41) is 7.78. The third-order valence-electron chi connectivity index (χ3n) is 4.21. The molecule has 0 aliphatic carbocycles. The van der Waals surface area contributed by atoms with Crippen LogP contribution >= 0.6 is 11.8 Å². The maximum absolute atomic E-state index is 13.6. The molecule has 0 spiro atoms. The Bertz CT molecular complexity index is 720. The molecule has 1 aliphatic heterocycles. The molecule has 3 rings (SSSR count). The monoisotopic (exact) mass is 343 g/mol. The summed E-state index contributed by atoms with van der Waals surface area (Å²) in [5.74, 6) is -0.238. The molecule has 0 amide bonds. The second-order valence-electron chi connectivity index (χ2n) is 5.78. The zero-order chi connectivity index (χ0) is 17.0. The minimum absolute atomic E-state index is 0.238. The van der Waals surface area contributed by atoms with Crippen molar-refractivity contribution in [2.75, 3.05) is 13.1 Å². The molecule has 2 aromatic carbocycles. The zero-order valence-corrected chi connectivity index (χ0v) is 14.6. The lowest BCUT2D eigenvalue weighted by Gasteiger charge is -2.36. The molecule has 126 valence electrons. The first-order chi connectivity index (χ1) is 11.7. The van der Waals surface area contributed by atoms with E-state index in [-0.39, 0.29) is 10.7 Å². The number of halogens is 1. The Hall–Kier alpha value is -1.85. The van der Waals surface area contributed by atoms with Crippen LogP contribution in [-0.2, 0) is 4.87 Å². The molecule has 0 aromatic heterocycles. The third-order valence-corrected chi connectivity index (χ3v) is 5.71. The van der Waals surface area contributed by atoms with Crippen molar-refractivity contribution in [1.29, 1.82) is 0 Å². The Balaban J connectivity index is 2.01. The third kappa shape index (κ3) is 3.19. The van der Waals surface area contributed by atoms with E-state index in [0.717, 1.165) is 30.0 Å². The van der Waals surface area contributed by atoms with Gasteiger partial charge in [-0.3, -0.25) is 5.01 Å². The number of nitrogens with zero attached hydrogens (tertiary/aromatic N) is 2. The first kappa shape index (κ1) is 17.0. The van der Waals surface area contributed by atoms with E-state index in [2.05, 4.69) is 24.1 Å². The van der Waals surface area contributed by atoms with Gasteiger partial charge in [-0.2, -0.15) is 5.10 Å². The van der Waals surface area contributed by atoms with E-state index in [1.807, 2.05) is 24.3 Å². The van der Waals surface area contributed by atoms with E-state index in [4.69, 9.17) is 10.8 Å². The summed E-state index contributed by atoms with van der Waals surface area (Å²) in [5.41, 5.74) is 7.81. The van der Waals surface area contributed by atoms with Crippen molar-refractivity contribution >= 4 is 16.8 Å². The fourth-order valence-electron chi connectivity index (χ4n) is 3.06. The number of hydrogen-bond acceptors (Lipinski definition) is 4. The maximum Gasteiger partial charge on any atom is 0.134 e. The van der Waals surface area contributed by atoms with Crippen LogP contribution in [0.1, 0.15) is 30.9 Å². The molecule has 3 nitrogen and oxygen atoms in total. The van der Waals surface area contributed by atoms with E-state index >= 15 is 0 Å². The van der Waals surface area contributed by atoms with E-state index in [1.165, 1.54) is 11.6 Å². The van der Waals surface area contributed by atoms with Gasteiger partial charge in [0.15, 0.2) is 0 Å². The van der Waals surface area contributed by atoms with Crippen molar-refractivity contribution in [2.24, 2.45) is 10.8 Å². The van der Waals surface area contributed by atoms with Gasteiger partial charge in [0, 0.05) is 12.1 Å². The highest BCUT2D eigenvalue weighted by molar-refractivity contribution is 8.15. The Labute approximate surface area is 146 Å².